The van der Waals surface area contributed by atoms with Gasteiger partial charge in [0, 0.05) is 5.69 Å². The molecule has 0 radical (unpaired) electrons. The molecule has 0 aromatic heterocycles. The smallest absolute Gasteiger partial charge is 0.278 e. The minimum absolute atomic E-state index is 0.173. The molecule has 0 saturated heterocycles. The number of hydrogen-bond donors (Lipinski definition) is 1. The zero-order valence-corrected chi connectivity index (χ0v) is 19.3. The third kappa shape index (κ3) is 4.56. The van der Waals surface area contributed by atoms with Gasteiger partial charge in [-0.05, 0) is 48.4 Å². The molecule has 1 heterocycles. The van der Waals surface area contributed by atoms with E-state index in [1.165, 1.54) is 12.0 Å². The Bertz CT molecular complexity index is 1230. The molecule has 0 spiro atoms. The van der Waals surface area contributed by atoms with E-state index in [1.54, 1.807) is 49.6 Å². The highest BCUT2D eigenvalue weighted by atomic mass is 35.5. The molecule has 168 valence electrons. The minimum atomic E-state index is -0.404. The second-order valence-corrected chi connectivity index (χ2v) is 8.04. The molecule has 0 fully saturated rings. The van der Waals surface area contributed by atoms with Crippen molar-refractivity contribution in [2.45, 2.75) is 13.5 Å². The summed E-state index contributed by atoms with van der Waals surface area (Å²) < 4.78 is 10.4. The lowest BCUT2D eigenvalue weighted by Crippen LogP contribution is -2.32. The largest absolute Gasteiger partial charge is 0.497 e. The summed E-state index contributed by atoms with van der Waals surface area (Å²) in [4.78, 5) is 28.1. The second kappa shape index (κ2) is 9.38. The molecule has 7 heteroatoms. The Kier molecular flexibility index (Phi) is 6.38. The average Bonchev–Trinajstić information content (AvgIpc) is 3.05. The van der Waals surface area contributed by atoms with Crippen LogP contribution in [-0.4, -0.2) is 30.9 Å². The molecule has 33 heavy (non-hydrogen) atoms. The number of amides is 2. The van der Waals surface area contributed by atoms with Gasteiger partial charge in [0.2, 0.25) is 0 Å². The van der Waals surface area contributed by atoms with Gasteiger partial charge in [-0.15, -0.1) is 0 Å². The van der Waals surface area contributed by atoms with Crippen molar-refractivity contribution >= 4 is 34.7 Å². The SMILES string of the molecule is COc1ccc(C2=C(Nc3ccc(OC)c(Cl)c3)C(=O)N(Cc3ccc(C)cc3)C2=O)cc1. The summed E-state index contributed by atoms with van der Waals surface area (Å²) in [6, 6.07) is 19.9. The third-order valence-electron chi connectivity index (χ3n) is 5.43. The summed E-state index contributed by atoms with van der Waals surface area (Å²) in [5, 5.41) is 3.50. The van der Waals surface area contributed by atoms with Crippen LogP contribution in [0.15, 0.2) is 72.4 Å². The lowest BCUT2D eigenvalue weighted by Gasteiger charge is -2.16. The van der Waals surface area contributed by atoms with Gasteiger partial charge in [-0.2, -0.15) is 0 Å². The van der Waals surface area contributed by atoms with Gasteiger partial charge in [0.15, 0.2) is 0 Å². The molecule has 0 bridgehead atoms. The van der Waals surface area contributed by atoms with E-state index in [1.807, 2.05) is 31.2 Å². The zero-order chi connectivity index (χ0) is 23.5. The molecular weight excluding hydrogens is 440 g/mol. The van der Waals surface area contributed by atoms with Gasteiger partial charge in [0.05, 0.1) is 31.4 Å². The number of halogens is 1. The Labute approximate surface area is 197 Å². The Morgan fingerprint density at radius 1 is 0.879 bits per heavy atom. The van der Waals surface area contributed by atoms with Crippen LogP contribution >= 0.6 is 11.6 Å². The highest BCUT2D eigenvalue weighted by Gasteiger charge is 2.39. The third-order valence-corrected chi connectivity index (χ3v) is 5.72. The van der Waals surface area contributed by atoms with E-state index in [0.717, 1.165) is 11.1 Å². The number of nitrogens with one attached hydrogen (secondary N) is 1. The van der Waals surface area contributed by atoms with Gasteiger partial charge in [0.25, 0.3) is 11.8 Å². The number of ether oxygens (including phenoxy) is 2. The molecule has 3 aromatic rings. The molecule has 6 nitrogen and oxygen atoms in total. The summed E-state index contributed by atoms with van der Waals surface area (Å²) in [6.45, 7) is 2.16. The fourth-order valence-corrected chi connectivity index (χ4v) is 3.88. The van der Waals surface area contributed by atoms with Crippen LogP contribution < -0.4 is 14.8 Å². The first-order valence-electron chi connectivity index (χ1n) is 10.3. The van der Waals surface area contributed by atoms with Crippen LogP contribution in [0.25, 0.3) is 5.57 Å². The van der Waals surface area contributed by atoms with Crippen LogP contribution in [0.3, 0.4) is 0 Å². The van der Waals surface area contributed by atoms with E-state index in [0.29, 0.717) is 33.3 Å². The molecule has 0 aliphatic carbocycles. The second-order valence-electron chi connectivity index (χ2n) is 7.63. The molecule has 4 rings (SSSR count). The number of nitrogens with zero attached hydrogens (tertiary/aromatic N) is 1. The molecule has 0 unspecified atom stereocenters. The summed E-state index contributed by atoms with van der Waals surface area (Å²) in [6.07, 6.45) is 0. The Morgan fingerprint density at radius 2 is 1.58 bits per heavy atom. The summed E-state index contributed by atoms with van der Waals surface area (Å²) in [5.41, 5.74) is 3.64. The van der Waals surface area contributed by atoms with E-state index in [4.69, 9.17) is 21.1 Å². The maximum absolute atomic E-state index is 13.4. The van der Waals surface area contributed by atoms with Crippen molar-refractivity contribution in [3.8, 4) is 11.5 Å². The van der Waals surface area contributed by atoms with Crippen molar-refractivity contribution in [3.63, 3.8) is 0 Å². The molecule has 0 saturated carbocycles. The van der Waals surface area contributed by atoms with Crippen molar-refractivity contribution in [2.24, 2.45) is 0 Å². The van der Waals surface area contributed by atoms with Crippen molar-refractivity contribution in [2.75, 3.05) is 19.5 Å². The first kappa shape index (κ1) is 22.4. The highest BCUT2D eigenvalue weighted by molar-refractivity contribution is 6.36. The predicted octanol–water partition coefficient (Wildman–Crippen LogP) is 5.06. The molecule has 0 atom stereocenters. The van der Waals surface area contributed by atoms with E-state index >= 15 is 0 Å². The Morgan fingerprint density at radius 3 is 2.18 bits per heavy atom. The number of methoxy groups -OCH3 is 2. The maximum Gasteiger partial charge on any atom is 0.278 e. The first-order chi connectivity index (χ1) is 15.9. The highest BCUT2D eigenvalue weighted by Crippen LogP contribution is 2.34. The monoisotopic (exact) mass is 462 g/mol. The quantitative estimate of drug-likeness (QED) is 0.497. The number of carbonyl (C=O) groups excluding carboxylic acids is 2. The fraction of sp³-hybridized carbons (Fsp3) is 0.154. The molecule has 1 aliphatic heterocycles. The zero-order valence-electron chi connectivity index (χ0n) is 18.5. The lowest BCUT2D eigenvalue weighted by molar-refractivity contribution is -0.137. The normalized spacial score (nSPS) is 13.5. The van der Waals surface area contributed by atoms with Gasteiger partial charge in [-0.3, -0.25) is 14.5 Å². The van der Waals surface area contributed by atoms with Crippen molar-refractivity contribution in [1.82, 2.24) is 4.90 Å². The topological polar surface area (TPSA) is 67.9 Å². The van der Waals surface area contributed by atoms with Crippen LogP contribution in [-0.2, 0) is 16.1 Å². The summed E-state index contributed by atoms with van der Waals surface area (Å²) in [5.74, 6) is 0.400. The van der Waals surface area contributed by atoms with Crippen molar-refractivity contribution in [1.29, 1.82) is 0 Å². The van der Waals surface area contributed by atoms with Crippen LogP contribution in [0.1, 0.15) is 16.7 Å². The molecule has 3 aromatic carbocycles. The Balaban J connectivity index is 1.73. The van der Waals surface area contributed by atoms with Crippen LogP contribution in [0.4, 0.5) is 5.69 Å². The summed E-state index contributed by atoms with van der Waals surface area (Å²) in [7, 11) is 3.10. The lowest BCUT2D eigenvalue weighted by atomic mass is 10.0. The average molecular weight is 463 g/mol. The standard InChI is InChI=1S/C26H23ClN2O4/c1-16-4-6-17(7-5-16)15-29-25(30)23(18-8-11-20(32-2)12-9-18)24(26(29)31)28-19-10-13-22(33-3)21(27)14-19/h4-14,28H,15H2,1-3H3. The fourth-order valence-electron chi connectivity index (χ4n) is 3.63. The Hall–Kier alpha value is -3.77. The van der Waals surface area contributed by atoms with Gasteiger partial charge in [0.1, 0.15) is 17.2 Å². The number of hydrogen-bond acceptors (Lipinski definition) is 5. The van der Waals surface area contributed by atoms with Crippen molar-refractivity contribution in [3.05, 3.63) is 94.1 Å². The van der Waals surface area contributed by atoms with Crippen LogP contribution in [0.2, 0.25) is 5.02 Å². The predicted molar refractivity (Wildman–Crippen MR) is 128 cm³/mol. The van der Waals surface area contributed by atoms with Gasteiger partial charge < -0.3 is 14.8 Å². The van der Waals surface area contributed by atoms with Gasteiger partial charge in [-0.1, -0.05) is 53.6 Å². The number of imide groups is 1. The minimum Gasteiger partial charge on any atom is -0.497 e. The molecule has 2 amide bonds. The van der Waals surface area contributed by atoms with E-state index in [-0.39, 0.29) is 18.1 Å². The van der Waals surface area contributed by atoms with Gasteiger partial charge >= 0.3 is 0 Å². The molecule has 1 N–H and O–H groups in total. The molecular formula is C26H23ClN2O4. The first-order valence-corrected chi connectivity index (χ1v) is 10.7. The van der Waals surface area contributed by atoms with Gasteiger partial charge in [-0.25, -0.2) is 0 Å². The number of benzene rings is 3. The van der Waals surface area contributed by atoms with E-state index in [9.17, 15) is 9.59 Å². The number of aryl methyl sites for hydroxylation is 1. The number of rotatable bonds is 7. The number of anilines is 1. The van der Waals surface area contributed by atoms with Crippen LogP contribution in [0.5, 0.6) is 11.5 Å². The molecule has 1 aliphatic rings. The van der Waals surface area contributed by atoms with Crippen molar-refractivity contribution < 1.29 is 19.1 Å². The number of carbonyl (C=O) groups is 2. The summed E-state index contributed by atoms with van der Waals surface area (Å²) >= 11 is 6.26. The van der Waals surface area contributed by atoms with E-state index < -0.39 is 5.91 Å². The maximum atomic E-state index is 13.4. The van der Waals surface area contributed by atoms with Crippen LogP contribution in [0, 0.1) is 6.92 Å². The van der Waals surface area contributed by atoms with E-state index in [2.05, 4.69) is 5.32 Å².